The van der Waals surface area contributed by atoms with Crippen molar-refractivity contribution in [3.8, 4) is 5.75 Å². The fourth-order valence-corrected chi connectivity index (χ4v) is 2.81. The Morgan fingerprint density at radius 3 is 2.41 bits per heavy atom. The van der Waals surface area contributed by atoms with E-state index in [0.29, 0.717) is 17.7 Å². The summed E-state index contributed by atoms with van der Waals surface area (Å²) in [6.45, 7) is 0.349. The predicted octanol–water partition coefficient (Wildman–Crippen LogP) is 4.46. The first kappa shape index (κ1) is 19.8. The molecule has 0 aliphatic carbocycles. The largest absolute Gasteiger partial charge is 0.497 e. The summed E-state index contributed by atoms with van der Waals surface area (Å²) in [5.74, 6) is 0.481. The Morgan fingerprint density at radius 2 is 1.76 bits per heavy atom. The molecule has 0 spiro atoms. The van der Waals surface area contributed by atoms with E-state index < -0.39 is 4.92 Å². The summed E-state index contributed by atoms with van der Waals surface area (Å²) in [5.41, 5.74) is 2.65. The lowest BCUT2D eigenvalue weighted by Gasteiger charge is -2.10. The Morgan fingerprint density at radius 1 is 1.03 bits per heavy atom. The number of hydrogen-bond donors (Lipinski definition) is 1. The third kappa shape index (κ3) is 5.29. The molecule has 0 heterocycles. The van der Waals surface area contributed by atoms with Crippen LogP contribution in [0, 0.1) is 10.1 Å². The van der Waals surface area contributed by atoms with Gasteiger partial charge in [0.05, 0.1) is 12.0 Å². The van der Waals surface area contributed by atoms with Crippen LogP contribution in [0.15, 0.2) is 78.9 Å². The van der Waals surface area contributed by atoms with E-state index >= 15 is 0 Å². The van der Waals surface area contributed by atoms with Crippen LogP contribution in [0.3, 0.4) is 0 Å². The summed E-state index contributed by atoms with van der Waals surface area (Å²) in [4.78, 5) is 23.5. The molecule has 3 rings (SSSR count). The quantitative estimate of drug-likeness (QED) is 0.280. The van der Waals surface area contributed by atoms with E-state index in [1.807, 2.05) is 54.6 Å². The third-order valence-corrected chi connectivity index (χ3v) is 4.33. The van der Waals surface area contributed by atoms with Gasteiger partial charge in [-0.2, -0.15) is 0 Å². The van der Waals surface area contributed by atoms with E-state index in [9.17, 15) is 14.9 Å². The minimum absolute atomic E-state index is 0.0233. The van der Waals surface area contributed by atoms with Crippen molar-refractivity contribution in [2.45, 2.75) is 6.54 Å². The van der Waals surface area contributed by atoms with Crippen LogP contribution in [0.4, 0.5) is 5.69 Å². The van der Waals surface area contributed by atoms with Crippen molar-refractivity contribution < 1.29 is 14.5 Å². The van der Waals surface area contributed by atoms with Gasteiger partial charge in [-0.15, -0.1) is 0 Å². The Labute approximate surface area is 168 Å². The molecule has 6 nitrogen and oxygen atoms in total. The maximum atomic E-state index is 12.9. The van der Waals surface area contributed by atoms with Gasteiger partial charge in [0, 0.05) is 24.3 Å². The molecule has 0 saturated heterocycles. The maximum Gasteiger partial charge on any atom is 0.270 e. The maximum absolute atomic E-state index is 12.9. The molecule has 0 unspecified atom stereocenters. The fraction of sp³-hybridized carbons (Fsp3) is 0.0870. The number of methoxy groups -OCH3 is 1. The smallest absolute Gasteiger partial charge is 0.270 e. The van der Waals surface area contributed by atoms with Gasteiger partial charge in [-0.1, -0.05) is 54.6 Å². The first-order valence-electron chi connectivity index (χ1n) is 8.99. The summed E-state index contributed by atoms with van der Waals surface area (Å²) in [6, 6.07) is 22.8. The minimum Gasteiger partial charge on any atom is -0.497 e. The van der Waals surface area contributed by atoms with E-state index in [0.717, 1.165) is 16.9 Å². The average molecular weight is 388 g/mol. The second kappa shape index (κ2) is 9.32. The van der Waals surface area contributed by atoms with Crippen LogP contribution in [0.5, 0.6) is 5.75 Å². The SMILES string of the molecule is COc1ccc(CNC(=O)/C(=C/c2cccc([N+](=O)[O-])c2)c2ccccc2)cc1. The zero-order chi connectivity index (χ0) is 20.6. The van der Waals surface area contributed by atoms with Gasteiger partial charge in [0.2, 0.25) is 0 Å². The lowest BCUT2D eigenvalue weighted by Crippen LogP contribution is -2.23. The van der Waals surface area contributed by atoms with E-state index in [4.69, 9.17) is 4.74 Å². The van der Waals surface area contributed by atoms with Crippen LogP contribution in [-0.4, -0.2) is 17.9 Å². The zero-order valence-electron chi connectivity index (χ0n) is 15.9. The summed E-state index contributed by atoms with van der Waals surface area (Å²) in [6.07, 6.45) is 1.66. The highest BCUT2D eigenvalue weighted by atomic mass is 16.6. The molecule has 146 valence electrons. The van der Waals surface area contributed by atoms with Crippen molar-refractivity contribution in [3.63, 3.8) is 0 Å². The summed E-state index contributed by atoms with van der Waals surface area (Å²) in [5, 5.41) is 14.0. The van der Waals surface area contributed by atoms with Crippen LogP contribution in [0.2, 0.25) is 0 Å². The molecular formula is C23H20N2O4. The molecule has 29 heavy (non-hydrogen) atoms. The van der Waals surface area contributed by atoms with Crippen LogP contribution >= 0.6 is 0 Å². The topological polar surface area (TPSA) is 81.5 Å². The number of carbonyl (C=O) groups excluding carboxylic acids is 1. The zero-order valence-corrected chi connectivity index (χ0v) is 15.9. The van der Waals surface area contributed by atoms with Crippen LogP contribution in [0.1, 0.15) is 16.7 Å². The van der Waals surface area contributed by atoms with Crippen LogP contribution in [0.25, 0.3) is 11.6 Å². The van der Waals surface area contributed by atoms with Gasteiger partial charge in [0.1, 0.15) is 5.75 Å². The monoisotopic (exact) mass is 388 g/mol. The number of nitro groups is 1. The second-order valence-electron chi connectivity index (χ2n) is 6.31. The fourth-order valence-electron chi connectivity index (χ4n) is 2.81. The first-order valence-corrected chi connectivity index (χ1v) is 8.99. The number of amides is 1. The van der Waals surface area contributed by atoms with Crippen molar-refractivity contribution in [1.82, 2.24) is 5.32 Å². The highest BCUT2D eigenvalue weighted by molar-refractivity contribution is 6.24. The van der Waals surface area contributed by atoms with Gasteiger partial charge in [-0.05, 0) is 34.9 Å². The number of nitrogens with one attached hydrogen (secondary N) is 1. The molecule has 0 fully saturated rings. The number of hydrogen-bond acceptors (Lipinski definition) is 4. The number of nitrogens with zero attached hydrogens (tertiary/aromatic N) is 1. The highest BCUT2D eigenvalue weighted by Crippen LogP contribution is 2.21. The standard InChI is InChI=1S/C23H20N2O4/c1-29-21-12-10-17(11-13-21)16-24-23(26)22(19-7-3-2-4-8-19)15-18-6-5-9-20(14-18)25(27)28/h2-15H,16H2,1H3,(H,24,26)/b22-15+. The van der Waals surface area contributed by atoms with E-state index in [-0.39, 0.29) is 11.6 Å². The summed E-state index contributed by atoms with van der Waals surface area (Å²) in [7, 11) is 1.60. The Bertz CT molecular complexity index is 1030. The molecule has 1 N–H and O–H groups in total. The third-order valence-electron chi connectivity index (χ3n) is 4.33. The Balaban J connectivity index is 1.86. The van der Waals surface area contributed by atoms with Gasteiger partial charge in [-0.25, -0.2) is 0 Å². The molecule has 0 saturated carbocycles. The number of rotatable bonds is 7. The minimum atomic E-state index is -0.455. The van der Waals surface area contributed by atoms with Crippen LogP contribution in [-0.2, 0) is 11.3 Å². The van der Waals surface area contributed by atoms with Crippen molar-refractivity contribution in [3.05, 3.63) is 106 Å². The highest BCUT2D eigenvalue weighted by Gasteiger charge is 2.13. The molecular weight excluding hydrogens is 368 g/mol. The van der Waals surface area contributed by atoms with E-state index in [1.54, 1.807) is 25.3 Å². The molecule has 0 aromatic heterocycles. The summed E-state index contributed by atoms with van der Waals surface area (Å²) < 4.78 is 5.14. The molecule has 0 aliphatic heterocycles. The van der Waals surface area contributed by atoms with Gasteiger partial charge in [0.25, 0.3) is 11.6 Å². The predicted molar refractivity (Wildman–Crippen MR) is 112 cm³/mol. The Kier molecular flexibility index (Phi) is 6.37. The number of ether oxygens (including phenoxy) is 1. The molecule has 3 aromatic rings. The first-order chi connectivity index (χ1) is 14.1. The van der Waals surface area contributed by atoms with Crippen molar-refractivity contribution in [2.75, 3.05) is 7.11 Å². The lowest BCUT2D eigenvalue weighted by atomic mass is 10.0. The van der Waals surface area contributed by atoms with Gasteiger partial charge < -0.3 is 10.1 Å². The number of non-ortho nitro benzene ring substituents is 1. The molecule has 0 aliphatic rings. The molecule has 1 amide bonds. The van der Waals surface area contributed by atoms with E-state index in [2.05, 4.69) is 5.32 Å². The van der Waals surface area contributed by atoms with E-state index in [1.165, 1.54) is 12.1 Å². The van der Waals surface area contributed by atoms with Gasteiger partial charge in [0.15, 0.2) is 0 Å². The number of carbonyl (C=O) groups is 1. The average Bonchev–Trinajstić information content (AvgIpc) is 2.77. The summed E-state index contributed by atoms with van der Waals surface area (Å²) >= 11 is 0. The molecule has 0 atom stereocenters. The molecule has 0 radical (unpaired) electrons. The molecule has 3 aromatic carbocycles. The molecule has 6 heteroatoms. The Hall–Kier alpha value is -3.93. The normalized spacial score (nSPS) is 11.0. The van der Waals surface area contributed by atoms with Crippen molar-refractivity contribution in [1.29, 1.82) is 0 Å². The number of benzene rings is 3. The number of nitro benzene ring substituents is 1. The van der Waals surface area contributed by atoms with Crippen molar-refractivity contribution >= 4 is 23.2 Å². The second-order valence-corrected chi connectivity index (χ2v) is 6.31. The van der Waals surface area contributed by atoms with Gasteiger partial charge >= 0.3 is 0 Å². The van der Waals surface area contributed by atoms with Gasteiger partial charge in [-0.3, -0.25) is 14.9 Å². The van der Waals surface area contributed by atoms with Crippen molar-refractivity contribution in [2.24, 2.45) is 0 Å². The lowest BCUT2D eigenvalue weighted by molar-refractivity contribution is -0.384. The van der Waals surface area contributed by atoms with Crippen LogP contribution < -0.4 is 10.1 Å². The molecule has 0 bridgehead atoms.